The first-order chi connectivity index (χ1) is 15.2. The van der Waals surface area contributed by atoms with Gasteiger partial charge in [0.2, 0.25) is 0 Å². The predicted molar refractivity (Wildman–Crippen MR) is 120 cm³/mol. The Morgan fingerprint density at radius 3 is 2.53 bits per heavy atom. The zero-order valence-electron chi connectivity index (χ0n) is 18.9. The second-order valence-electron chi connectivity index (χ2n) is 9.91. The fraction of sp³-hybridized carbons (Fsp3) is 0.520. The number of nitrogens with one attached hydrogen (secondary N) is 1. The maximum absolute atomic E-state index is 13.4. The largest absolute Gasteiger partial charge is 0.459 e. The Labute approximate surface area is 188 Å². The molecule has 1 heterocycles. The number of carbonyl (C=O) groups is 2. The van der Waals surface area contributed by atoms with E-state index in [4.69, 9.17) is 4.74 Å². The molecule has 32 heavy (non-hydrogen) atoms. The van der Waals surface area contributed by atoms with Crippen LogP contribution in [0, 0.1) is 15.5 Å². The number of hydrogen-bond donors (Lipinski definition) is 1. The fourth-order valence-electron chi connectivity index (χ4n) is 5.31. The lowest BCUT2D eigenvalue weighted by Crippen LogP contribution is -2.39. The van der Waals surface area contributed by atoms with E-state index in [-0.39, 0.29) is 23.0 Å². The van der Waals surface area contributed by atoms with Crippen molar-refractivity contribution in [1.82, 2.24) is 5.32 Å². The number of esters is 1. The predicted octanol–water partition coefficient (Wildman–Crippen LogP) is 5.07. The number of nitro groups is 1. The van der Waals surface area contributed by atoms with Crippen molar-refractivity contribution in [3.05, 3.63) is 62.5 Å². The first-order valence-corrected chi connectivity index (χ1v) is 11.4. The van der Waals surface area contributed by atoms with E-state index in [1.807, 2.05) is 13.8 Å². The molecule has 1 N–H and O–H groups in total. The summed E-state index contributed by atoms with van der Waals surface area (Å²) >= 11 is 0. The van der Waals surface area contributed by atoms with E-state index in [1.54, 1.807) is 25.1 Å². The van der Waals surface area contributed by atoms with Crippen LogP contribution in [0.25, 0.3) is 0 Å². The van der Waals surface area contributed by atoms with Crippen LogP contribution in [0.15, 0.2) is 46.8 Å². The van der Waals surface area contributed by atoms with Crippen LogP contribution in [0.1, 0.15) is 77.2 Å². The molecule has 0 unspecified atom stereocenters. The van der Waals surface area contributed by atoms with Crippen molar-refractivity contribution in [2.45, 2.75) is 77.7 Å². The van der Waals surface area contributed by atoms with Crippen LogP contribution in [-0.2, 0) is 14.3 Å². The maximum atomic E-state index is 13.4. The minimum Gasteiger partial charge on any atom is -0.459 e. The normalized spacial score (nSPS) is 23.5. The summed E-state index contributed by atoms with van der Waals surface area (Å²) < 4.78 is 5.87. The van der Waals surface area contributed by atoms with Crippen molar-refractivity contribution in [2.75, 3.05) is 0 Å². The topological polar surface area (TPSA) is 98.5 Å². The number of dihydropyridines is 1. The summed E-state index contributed by atoms with van der Waals surface area (Å²) in [6, 6.07) is 6.38. The molecule has 7 heteroatoms. The lowest BCUT2D eigenvalue weighted by atomic mass is 9.68. The number of benzene rings is 1. The molecule has 3 aliphatic rings. The first kappa shape index (κ1) is 22.2. The van der Waals surface area contributed by atoms with Crippen molar-refractivity contribution in [3.8, 4) is 0 Å². The summed E-state index contributed by atoms with van der Waals surface area (Å²) in [6.07, 6.45) is 5.62. The first-order valence-electron chi connectivity index (χ1n) is 11.4. The number of Topliss-reactive ketones (excluding diaryl/α,β-unsaturated/α-hetero) is 1. The van der Waals surface area contributed by atoms with Crippen LogP contribution in [-0.4, -0.2) is 22.8 Å². The Morgan fingerprint density at radius 1 is 1.16 bits per heavy atom. The van der Waals surface area contributed by atoms with Gasteiger partial charge in [0.05, 0.1) is 16.4 Å². The third kappa shape index (κ3) is 4.20. The number of nitrogens with zero attached hydrogens (tertiary/aromatic N) is 1. The Kier molecular flexibility index (Phi) is 5.93. The maximum Gasteiger partial charge on any atom is 0.337 e. The molecule has 2 aliphatic carbocycles. The molecule has 0 spiro atoms. The number of rotatable bonds is 4. The highest BCUT2D eigenvalue weighted by atomic mass is 16.6. The highest BCUT2D eigenvalue weighted by molar-refractivity contribution is 6.04. The van der Waals surface area contributed by atoms with Crippen molar-refractivity contribution in [3.63, 3.8) is 0 Å². The molecule has 0 radical (unpaired) electrons. The van der Waals surface area contributed by atoms with Crippen LogP contribution in [0.2, 0.25) is 0 Å². The van der Waals surface area contributed by atoms with Crippen molar-refractivity contribution >= 4 is 17.4 Å². The summed E-state index contributed by atoms with van der Waals surface area (Å²) in [5.74, 6) is -1.39. The van der Waals surface area contributed by atoms with E-state index in [0.29, 0.717) is 35.2 Å². The molecule has 4 rings (SSSR count). The lowest BCUT2D eigenvalue weighted by molar-refractivity contribution is -0.385. The molecule has 0 bridgehead atoms. The number of carbonyl (C=O) groups excluding carboxylic acids is 2. The smallest absolute Gasteiger partial charge is 0.337 e. The van der Waals surface area contributed by atoms with Gasteiger partial charge in [0.15, 0.2) is 5.78 Å². The van der Waals surface area contributed by atoms with Gasteiger partial charge in [-0.1, -0.05) is 38.5 Å². The van der Waals surface area contributed by atoms with Gasteiger partial charge in [0, 0.05) is 35.0 Å². The van der Waals surface area contributed by atoms with Gasteiger partial charge >= 0.3 is 5.97 Å². The van der Waals surface area contributed by atoms with Crippen molar-refractivity contribution < 1.29 is 19.2 Å². The second kappa shape index (κ2) is 8.52. The quantitative estimate of drug-likeness (QED) is 0.400. The van der Waals surface area contributed by atoms with E-state index in [9.17, 15) is 19.7 Å². The number of hydrogen-bond acceptors (Lipinski definition) is 6. The highest BCUT2D eigenvalue weighted by Crippen LogP contribution is 2.48. The summed E-state index contributed by atoms with van der Waals surface area (Å²) in [6.45, 7) is 5.85. The summed E-state index contributed by atoms with van der Waals surface area (Å²) in [4.78, 5) is 38.1. The van der Waals surface area contributed by atoms with E-state index >= 15 is 0 Å². The molecule has 7 nitrogen and oxygen atoms in total. The summed E-state index contributed by atoms with van der Waals surface area (Å²) in [5.41, 5.74) is 2.14. The Morgan fingerprint density at radius 2 is 1.84 bits per heavy atom. The number of allylic oxidation sites excluding steroid dienone is 3. The Hall–Kier alpha value is -2.96. The van der Waals surface area contributed by atoms with E-state index in [2.05, 4.69) is 5.32 Å². The van der Waals surface area contributed by atoms with Gasteiger partial charge in [-0.3, -0.25) is 14.9 Å². The molecule has 1 aromatic rings. The minimum atomic E-state index is -0.812. The second-order valence-corrected chi connectivity index (χ2v) is 9.91. The zero-order chi connectivity index (χ0) is 23.0. The van der Waals surface area contributed by atoms with Gasteiger partial charge in [0.1, 0.15) is 6.10 Å². The molecular formula is C25H30N2O5. The van der Waals surface area contributed by atoms with Gasteiger partial charge in [-0.25, -0.2) is 4.79 Å². The highest BCUT2D eigenvalue weighted by Gasteiger charge is 2.45. The Bertz CT molecular complexity index is 1030. The lowest BCUT2D eigenvalue weighted by Gasteiger charge is -2.39. The number of nitro benzene ring substituents is 1. The number of ketones is 1. The fourth-order valence-corrected chi connectivity index (χ4v) is 5.31. The average Bonchev–Trinajstić information content (AvgIpc) is 2.72. The van der Waals surface area contributed by atoms with Gasteiger partial charge in [-0.05, 0) is 44.4 Å². The third-order valence-electron chi connectivity index (χ3n) is 6.73. The molecule has 1 aromatic carbocycles. The molecule has 0 aromatic heterocycles. The minimum absolute atomic E-state index is 0.0811. The Balaban J connectivity index is 1.82. The van der Waals surface area contributed by atoms with E-state index < -0.39 is 16.8 Å². The van der Waals surface area contributed by atoms with Crippen LogP contribution >= 0.6 is 0 Å². The number of para-hydroxylation sites is 1. The zero-order valence-corrected chi connectivity index (χ0v) is 18.9. The van der Waals surface area contributed by atoms with Gasteiger partial charge in [0.25, 0.3) is 5.69 Å². The van der Waals surface area contributed by atoms with Gasteiger partial charge in [-0.15, -0.1) is 0 Å². The van der Waals surface area contributed by atoms with Crippen LogP contribution < -0.4 is 5.32 Å². The molecular weight excluding hydrogens is 408 g/mol. The van der Waals surface area contributed by atoms with Gasteiger partial charge in [-0.2, -0.15) is 0 Å². The molecule has 1 aliphatic heterocycles. The number of ether oxygens (including phenoxy) is 1. The molecule has 170 valence electrons. The van der Waals surface area contributed by atoms with E-state index in [0.717, 1.165) is 37.8 Å². The summed E-state index contributed by atoms with van der Waals surface area (Å²) in [7, 11) is 0. The van der Waals surface area contributed by atoms with Crippen LogP contribution in [0.3, 0.4) is 0 Å². The third-order valence-corrected chi connectivity index (χ3v) is 6.73. The standard InChI is InChI=1S/C25H30N2O5/c1-15-21(24(29)32-16-9-5-4-6-10-16)22(17-11-7-8-12-19(17)27(30)31)23-18(26-15)13-25(2,3)14-20(23)28/h7-8,11-12,16,22,26H,4-6,9-10,13-14H2,1-3H3/t22-/m0/s1. The molecule has 1 fully saturated rings. The van der Waals surface area contributed by atoms with Crippen LogP contribution in [0.5, 0.6) is 0 Å². The van der Waals surface area contributed by atoms with Crippen molar-refractivity contribution in [1.29, 1.82) is 0 Å². The monoisotopic (exact) mass is 438 g/mol. The van der Waals surface area contributed by atoms with Crippen LogP contribution in [0.4, 0.5) is 5.69 Å². The van der Waals surface area contributed by atoms with Gasteiger partial charge < -0.3 is 10.1 Å². The molecule has 1 saturated carbocycles. The van der Waals surface area contributed by atoms with Crippen molar-refractivity contribution in [2.24, 2.45) is 5.41 Å². The summed E-state index contributed by atoms with van der Waals surface area (Å²) in [5, 5.41) is 15.1. The van der Waals surface area contributed by atoms with E-state index in [1.165, 1.54) is 6.07 Å². The molecule has 1 atom stereocenters. The average molecular weight is 439 g/mol. The molecule has 0 saturated heterocycles. The SMILES string of the molecule is CC1=C(C(=O)OC2CCCCC2)[C@H](c2ccccc2[N+](=O)[O-])C2=C(CC(C)(C)CC2=O)N1. The molecule has 0 amide bonds.